The predicted octanol–water partition coefficient (Wildman–Crippen LogP) is -3.81. The molecule has 13 nitrogen and oxygen atoms in total. The van der Waals surface area contributed by atoms with Crippen LogP contribution in [-0.2, 0) is 28.8 Å². The van der Waals surface area contributed by atoms with Crippen LogP contribution in [0.4, 0.5) is 0 Å². The first kappa shape index (κ1) is 21.8. The second-order valence-electron chi connectivity index (χ2n) is 4.93. The highest BCUT2D eigenvalue weighted by atomic mass is 16.4. The Kier molecular flexibility index (Phi) is 8.55. The summed E-state index contributed by atoms with van der Waals surface area (Å²) in [5.41, 5.74) is 10.1. The zero-order valence-electron chi connectivity index (χ0n) is 12.8. The molecule has 3 unspecified atom stereocenters. The van der Waals surface area contributed by atoms with Gasteiger partial charge in [-0.25, -0.2) is 4.79 Å². The Morgan fingerprint density at radius 3 is 1.64 bits per heavy atom. The predicted molar refractivity (Wildman–Crippen MR) is 77.8 cm³/mol. The highest BCUT2D eigenvalue weighted by molar-refractivity contribution is 5.95. The van der Waals surface area contributed by atoms with Crippen LogP contribution in [0.5, 0.6) is 0 Å². The number of hydrogen-bond acceptors (Lipinski definition) is 7. The van der Waals surface area contributed by atoms with Crippen molar-refractivity contribution in [3.8, 4) is 0 Å². The van der Waals surface area contributed by atoms with Crippen molar-refractivity contribution in [2.45, 2.75) is 37.4 Å². The SMILES string of the molecule is NC(=O)CC(NC(=O)C(CC(=O)O)NC(=O)C(N)CC(=O)O)C(=O)O. The van der Waals surface area contributed by atoms with Gasteiger partial charge in [-0.2, -0.15) is 0 Å². The maximum atomic E-state index is 12.0. The van der Waals surface area contributed by atoms with E-state index in [0.29, 0.717) is 0 Å². The average Bonchev–Trinajstić information content (AvgIpc) is 2.43. The molecule has 0 spiro atoms. The Hall–Kier alpha value is -3.22. The number of nitrogens with one attached hydrogen (secondary N) is 2. The number of hydrogen-bond donors (Lipinski definition) is 7. The molecule has 0 heterocycles. The van der Waals surface area contributed by atoms with Crippen LogP contribution in [0.3, 0.4) is 0 Å². The fourth-order valence-corrected chi connectivity index (χ4v) is 1.62. The normalized spacial score (nSPS) is 13.8. The van der Waals surface area contributed by atoms with Crippen molar-refractivity contribution in [3.05, 3.63) is 0 Å². The molecule has 13 heteroatoms. The summed E-state index contributed by atoms with van der Waals surface area (Å²) in [5.74, 6) is -7.87. The van der Waals surface area contributed by atoms with Crippen LogP contribution in [0.1, 0.15) is 19.3 Å². The van der Waals surface area contributed by atoms with E-state index < -0.39 is 73.0 Å². The van der Waals surface area contributed by atoms with Gasteiger partial charge in [0.05, 0.1) is 25.3 Å². The highest BCUT2D eigenvalue weighted by Gasteiger charge is 2.30. The van der Waals surface area contributed by atoms with Crippen LogP contribution in [0.15, 0.2) is 0 Å². The second kappa shape index (κ2) is 9.82. The van der Waals surface area contributed by atoms with Crippen molar-refractivity contribution in [2.24, 2.45) is 11.5 Å². The number of carbonyl (C=O) groups excluding carboxylic acids is 3. The minimum absolute atomic E-state index is 0.757. The van der Waals surface area contributed by atoms with E-state index in [1.165, 1.54) is 0 Å². The monoisotopic (exact) mass is 362 g/mol. The molecule has 0 aromatic carbocycles. The van der Waals surface area contributed by atoms with Gasteiger partial charge in [0.2, 0.25) is 17.7 Å². The van der Waals surface area contributed by atoms with Gasteiger partial charge in [0.1, 0.15) is 12.1 Å². The molecule has 0 aliphatic heterocycles. The maximum absolute atomic E-state index is 12.0. The van der Waals surface area contributed by atoms with Crippen LogP contribution in [0.2, 0.25) is 0 Å². The fraction of sp³-hybridized carbons (Fsp3) is 0.500. The minimum Gasteiger partial charge on any atom is -0.481 e. The van der Waals surface area contributed by atoms with Gasteiger partial charge >= 0.3 is 17.9 Å². The maximum Gasteiger partial charge on any atom is 0.326 e. The van der Waals surface area contributed by atoms with Crippen molar-refractivity contribution >= 4 is 35.6 Å². The molecule has 0 fully saturated rings. The lowest BCUT2D eigenvalue weighted by molar-refractivity contribution is -0.145. The van der Waals surface area contributed by atoms with Crippen LogP contribution in [-0.4, -0.2) is 69.1 Å². The summed E-state index contributed by atoms with van der Waals surface area (Å²) in [6.45, 7) is 0. The first-order valence-corrected chi connectivity index (χ1v) is 6.75. The standard InChI is InChI=1S/C12H18N4O9/c13-4(1-8(18)19)10(22)15-5(3-9(20)21)11(23)16-6(12(24)25)2-7(14)17/h4-6H,1-3,13H2,(H2,14,17)(H,15,22)(H,16,23)(H,18,19)(H,20,21)(H,24,25). The number of nitrogens with two attached hydrogens (primary N) is 2. The van der Waals surface area contributed by atoms with Crippen LogP contribution >= 0.6 is 0 Å². The van der Waals surface area contributed by atoms with E-state index in [4.69, 9.17) is 26.8 Å². The van der Waals surface area contributed by atoms with E-state index in [1.54, 1.807) is 0 Å². The summed E-state index contributed by atoms with van der Waals surface area (Å²) in [6, 6.07) is -5.02. The zero-order chi connectivity index (χ0) is 19.7. The zero-order valence-corrected chi connectivity index (χ0v) is 12.8. The molecule has 140 valence electrons. The lowest BCUT2D eigenvalue weighted by Crippen LogP contribution is -2.55. The Morgan fingerprint density at radius 2 is 1.24 bits per heavy atom. The summed E-state index contributed by atoms with van der Waals surface area (Å²) < 4.78 is 0. The Balaban J connectivity index is 5.11. The van der Waals surface area contributed by atoms with Crippen LogP contribution in [0.25, 0.3) is 0 Å². The first-order valence-electron chi connectivity index (χ1n) is 6.75. The lowest BCUT2D eigenvalue weighted by atomic mass is 10.1. The molecule has 0 aliphatic rings. The van der Waals surface area contributed by atoms with Gasteiger partial charge in [0.15, 0.2) is 0 Å². The molecule has 25 heavy (non-hydrogen) atoms. The number of aliphatic carboxylic acids is 3. The van der Waals surface area contributed by atoms with E-state index in [0.717, 1.165) is 0 Å². The number of carbonyl (C=O) groups is 6. The van der Waals surface area contributed by atoms with Gasteiger partial charge < -0.3 is 37.4 Å². The number of amides is 3. The largest absolute Gasteiger partial charge is 0.481 e. The number of carboxylic acids is 3. The summed E-state index contributed by atoms with van der Waals surface area (Å²) in [4.78, 5) is 66.7. The molecule has 3 amide bonds. The molecule has 0 aromatic rings. The summed E-state index contributed by atoms with van der Waals surface area (Å²) in [6.07, 6.45) is -2.46. The van der Waals surface area contributed by atoms with Crippen molar-refractivity contribution in [2.75, 3.05) is 0 Å². The Labute approximate surface area is 140 Å². The minimum atomic E-state index is -1.74. The van der Waals surface area contributed by atoms with Gasteiger partial charge in [-0.15, -0.1) is 0 Å². The van der Waals surface area contributed by atoms with E-state index in [2.05, 4.69) is 0 Å². The molecule has 0 aromatic heterocycles. The van der Waals surface area contributed by atoms with E-state index in [-0.39, 0.29) is 0 Å². The molecule has 0 radical (unpaired) electrons. The topological polar surface area (TPSA) is 239 Å². The molecule has 3 atom stereocenters. The first-order chi connectivity index (χ1) is 11.4. The third-order valence-corrected chi connectivity index (χ3v) is 2.76. The smallest absolute Gasteiger partial charge is 0.326 e. The molecule has 0 saturated heterocycles. The molecule has 0 saturated carbocycles. The van der Waals surface area contributed by atoms with Gasteiger partial charge in [-0.1, -0.05) is 0 Å². The third kappa shape index (κ3) is 8.85. The summed E-state index contributed by atoms with van der Waals surface area (Å²) >= 11 is 0. The quantitative estimate of drug-likeness (QED) is 0.189. The lowest BCUT2D eigenvalue weighted by Gasteiger charge is -2.21. The van der Waals surface area contributed by atoms with Gasteiger partial charge in [-0.05, 0) is 0 Å². The van der Waals surface area contributed by atoms with Crippen molar-refractivity contribution < 1.29 is 44.1 Å². The molecular formula is C12H18N4O9. The number of primary amides is 1. The highest BCUT2D eigenvalue weighted by Crippen LogP contribution is 1.99. The van der Waals surface area contributed by atoms with Crippen LogP contribution < -0.4 is 22.1 Å². The second-order valence-corrected chi connectivity index (χ2v) is 4.93. The van der Waals surface area contributed by atoms with E-state index >= 15 is 0 Å². The Morgan fingerprint density at radius 1 is 0.760 bits per heavy atom. The number of carboxylic acid groups (broad SMARTS) is 3. The summed E-state index contributed by atoms with van der Waals surface area (Å²) in [7, 11) is 0. The van der Waals surface area contributed by atoms with Crippen molar-refractivity contribution in [3.63, 3.8) is 0 Å². The fourth-order valence-electron chi connectivity index (χ4n) is 1.62. The molecule has 0 rings (SSSR count). The van der Waals surface area contributed by atoms with E-state index in [1.807, 2.05) is 10.6 Å². The molecule has 0 aliphatic carbocycles. The van der Waals surface area contributed by atoms with Crippen molar-refractivity contribution in [1.82, 2.24) is 10.6 Å². The van der Waals surface area contributed by atoms with Crippen molar-refractivity contribution in [1.29, 1.82) is 0 Å². The third-order valence-electron chi connectivity index (χ3n) is 2.76. The molecule has 0 bridgehead atoms. The molecular weight excluding hydrogens is 344 g/mol. The average molecular weight is 362 g/mol. The van der Waals surface area contributed by atoms with Gasteiger partial charge in [0.25, 0.3) is 0 Å². The van der Waals surface area contributed by atoms with E-state index in [9.17, 15) is 28.8 Å². The molecule has 9 N–H and O–H groups in total. The van der Waals surface area contributed by atoms with Gasteiger partial charge in [0, 0.05) is 0 Å². The Bertz CT molecular complexity index is 577. The number of rotatable bonds is 11. The van der Waals surface area contributed by atoms with Crippen LogP contribution in [0, 0.1) is 0 Å². The summed E-state index contributed by atoms with van der Waals surface area (Å²) in [5, 5.41) is 30.0. The van der Waals surface area contributed by atoms with Gasteiger partial charge in [-0.3, -0.25) is 24.0 Å².